The fraction of sp³-hybridized carbons (Fsp3) is 0.239. The van der Waals surface area contributed by atoms with E-state index in [9.17, 15) is 0 Å². The molecule has 53 heavy (non-hydrogen) atoms. The van der Waals surface area contributed by atoms with E-state index >= 15 is 0 Å². The fourth-order valence-corrected chi connectivity index (χ4v) is 12.1. The molecule has 1 atom stereocenters. The number of hydrogen-bond acceptors (Lipinski definition) is 5. The fourth-order valence-electron chi connectivity index (χ4n) is 7.36. The smallest absolute Gasteiger partial charge is 0.261 e. The van der Waals surface area contributed by atoms with E-state index in [2.05, 4.69) is 172 Å². The van der Waals surface area contributed by atoms with E-state index in [0.717, 1.165) is 51.1 Å². The number of aromatic amines is 1. The summed E-state index contributed by atoms with van der Waals surface area (Å²) in [4.78, 5) is 9.94. The topological polar surface area (TPSA) is 75.7 Å². The molecule has 0 aliphatic rings. The third-order valence-electron chi connectivity index (χ3n) is 10.3. The van der Waals surface area contributed by atoms with Gasteiger partial charge < -0.3 is 9.74 Å². The maximum atomic E-state index is 7.32. The van der Waals surface area contributed by atoms with Gasteiger partial charge in [0.25, 0.3) is 8.32 Å². The van der Waals surface area contributed by atoms with Crippen LogP contribution >= 0.6 is 0 Å². The number of nitrogens with zero attached hydrogens (tertiary/aromatic N) is 3. The minimum atomic E-state index is -2.62. The van der Waals surface area contributed by atoms with Gasteiger partial charge in [0.15, 0.2) is 0 Å². The molecule has 0 radical (unpaired) electrons. The molecular weight excluding hydrogens is 667 g/mol. The van der Waals surface area contributed by atoms with Crippen LogP contribution in [0.1, 0.15) is 53.1 Å². The summed E-state index contributed by atoms with van der Waals surface area (Å²) >= 11 is 0. The molecule has 6 nitrogen and oxygen atoms in total. The van der Waals surface area contributed by atoms with E-state index in [4.69, 9.17) is 14.4 Å². The molecule has 3 aromatic heterocycles. The molecule has 0 spiro atoms. The lowest BCUT2D eigenvalue weighted by atomic mass is 9.93. The zero-order chi connectivity index (χ0) is 37.1. The average Bonchev–Trinajstić information content (AvgIpc) is 3.72. The van der Waals surface area contributed by atoms with Crippen molar-refractivity contribution in [1.82, 2.24) is 25.5 Å². The first-order valence-electron chi connectivity index (χ1n) is 18.5. The van der Waals surface area contributed by atoms with Crippen molar-refractivity contribution in [2.45, 2.75) is 52.6 Å². The Morgan fingerprint density at radius 3 is 1.92 bits per heavy atom. The standard InChI is InChI=1S/C46H49N5OSi/c1-33(48-31-46(5,6)32-52-53(45(2,3)4,38-18-12-8-13-19-38)39-20-14-9-15-21-39)34-22-24-36(25-23-34)44-40(35-16-10-7-11-17-35)28-41-42(51-44)26-27-47-43(41)37-29-49-50-30-37/h7-30,33,48H,31-32H2,1-6H3,(H,49,50)/t33-/m1/s1. The molecule has 3 heterocycles. The second kappa shape index (κ2) is 15.0. The maximum Gasteiger partial charge on any atom is 0.261 e. The number of benzene rings is 4. The normalized spacial score (nSPS) is 12.9. The summed E-state index contributed by atoms with van der Waals surface area (Å²) in [5.41, 5.74) is 8.02. The van der Waals surface area contributed by atoms with Crippen molar-refractivity contribution in [2.24, 2.45) is 5.41 Å². The molecule has 7 heteroatoms. The van der Waals surface area contributed by atoms with Crippen LogP contribution in [0, 0.1) is 5.41 Å². The van der Waals surface area contributed by atoms with E-state index < -0.39 is 8.32 Å². The highest BCUT2D eigenvalue weighted by Crippen LogP contribution is 2.39. The number of aromatic nitrogens is 4. The van der Waals surface area contributed by atoms with Gasteiger partial charge in [0.05, 0.1) is 23.1 Å². The van der Waals surface area contributed by atoms with E-state index in [1.807, 2.05) is 24.5 Å². The van der Waals surface area contributed by atoms with Crippen LogP contribution < -0.4 is 15.7 Å². The van der Waals surface area contributed by atoms with Crippen LogP contribution in [0.3, 0.4) is 0 Å². The van der Waals surface area contributed by atoms with Crippen molar-refractivity contribution in [3.05, 3.63) is 152 Å². The summed E-state index contributed by atoms with van der Waals surface area (Å²) in [6.45, 7) is 15.3. The van der Waals surface area contributed by atoms with Crippen LogP contribution in [0.5, 0.6) is 0 Å². The lowest BCUT2D eigenvalue weighted by Gasteiger charge is -2.45. The molecule has 0 fully saturated rings. The van der Waals surface area contributed by atoms with Gasteiger partial charge in [-0.05, 0) is 51.0 Å². The Bertz CT molecular complexity index is 2210. The molecule has 7 aromatic rings. The van der Waals surface area contributed by atoms with E-state index in [1.54, 1.807) is 6.20 Å². The van der Waals surface area contributed by atoms with E-state index in [0.29, 0.717) is 6.61 Å². The highest BCUT2D eigenvalue weighted by Gasteiger charge is 2.50. The molecule has 4 aromatic carbocycles. The Labute approximate surface area is 314 Å². The highest BCUT2D eigenvalue weighted by atomic mass is 28.4. The predicted molar refractivity (Wildman–Crippen MR) is 222 cm³/mol. The van der Waals surface area contributed by atoms with Crippen molar-refractivity contribution >= 4 is 29.6 Å². The lowest BCUT2D eigenvalue weighted by Crippen LogP contribution is -2.67. The molecule has 268 valence electrons. The first-order valence-corrected chi connectivity index (χ1v) is 20.4. The molecule has 0 unspecified atom stereocenters. The Kier molecular flexibility index (Phi) is 10.3. The molecule has 7 rings (SSSR count). The Morgan fingerprint density at radius 2 is 1.34 bits per heavy atom. The summed E-state index contributed by atoms with van der Waals surface area (Å²) in [5, 5.41) is 14.5. The van der Waals surface area contributed by atoms with Crippen molar-refractivity contribution in [1.29, 1.82) is 0 Å². The van der Waals surface area contributed by atoms with Crippen LogP contribution in [0.25, 0.3) is 44.5 Å². The summed E-state index contributed by atoms with van der Waals surface area (Å²) < 4.78 is 7.32. The number of nitrogens with one attached hydrogen (secondary N) is 2. The zero-order valence-electron chi connectivity index (χ0n) is 31.6. The third-order valence-corrected chi connectivity index (χ3v) is 15.2. The lowest BCUT2D eigenvalue weighted by molar-refractivity contribution is 0.163. The molecule has 0 amide bonds. The molecular formula is C46H49N5OSi. The van der Waals surface area contributed by atoms with Gasteiger partial charge in [-0.3, -0.25) is 10.1 Å². The minimum absolute atomic E-state index is 0.0620. The van der Waals surface area contributed by atoms with Crippen molar-refractivity contribution < 1.29 is 4.43 Å². The number of fused-ring (bicyclic) bond motifs is 1. The zero-order valence-corrected chi connectivity index (χ0v) is 32.6. The second-order valence-electron chi connectivity index (χ2n) is 15.8. The van der Waals surface area contributed by atoms with Gasteiger partial charge in [0.2, 0.25) is 0 Å². The van der Waals surface area contributed by atoms with Crippen molar-refractivity contribution in [3.8, 4) is 33.6 Å². The number of hydrogen-bond donors (Lipinski definition) is 2. The highest BCUT2D eigenvalue weighted by molar-refractivity contribution is 6.99. The van der Waals surface area contributed by atoms with Gasteiger partial charge in [-0.2, -0.15) is 5.10 Å². The molecule has 0 aliphatic carbocycles. The Morgan fingerprint density at radius 1 is 0.717 bits per heavy atom. The minimum Gasteiger partial charge on any atom is -0.407 e. The molecule has 0 bridgehead atoms. The van der Waals surface area contributed by atoms with Gasteiger partial charge >= 0.3 is 0 Å². The van der Waals surface area contributed by atoms with Crippen LogP contribution in [-0.2, 0) is 4.43 Å². The van der Waals surface area contributed by atoms with Crippen LogP contribution in [0.2, 0.25) is 5.04 Å². The quantitative estimate of drug-likeness (QED) is 0.123. The van der Waals surface area contributed by atoms with Gasteiger partial charge in [0, 0.05) is 53.7 Å². The molecule has 2 N–H and O–H groups in total. The van der Waals surface area contributed by atoms with Crippen LogP contribution in [-0.4, -0.2) is 41.6 Å². The van der Waals surface area contributed by atoms with E-state index in [-0.39, 0.29) is 16.5 Å². The molecule has 0 aliphatic heterocycles. The van der Waals surface area contributed by atoms with Gasteiger partial charge in [-0.15, -0.1) is 0 Å². The van der Waals surface area contributed by atoms with Gasteiger partial charge in [0.1, 0.15) is 0 Å². The Hall–Kier alpha value is -5.21. The Balaban J connectivity index is 1.11. The number of rotatable bonds is 12. The third kappa shape index (κ3) is 7.51. The van der Waals surface area contributed by atoms with Gasteiger partial charge in [-0.25, -0.2) is 4.98 Å². The number of H-pyrrole nitrogens is 1. The van der Waals surface area contributed by atoms with Crippen molar-refractivity contribution in [2.75, 3.05) is 13.2 Å². The summed E-state index contributed by atoms with van der Waals surface area (Å²) in [6.07, 6.45) is 5.49. The van der Waals surface area contributed by atoms with E-state index in [1.165, 1.54) is 15.9 Å². The summed E-state index contributed by atoms with van der Waals surface area (Å²) in [6, 6.07) is 45.4. The molecule has 0 saturated carbocycles. The largest absolute Gasteiger partial charge is 0.407 e. The van der Waals surface area contributed by atoms with Crippen LogP contribution in [0.4, 0.5) is 0 Å². The summed E-state index contributed by atoms with van der Waals surface area (Å²) in [7, 11) is -2.62. The predicted octanol–water partition coefficient (Wildman–Crippen LogP) is 9.61. The molecule has 0 saturated heterocycles. The second-order valence-corrected chi connectivity index (χ2v) is 20.1. The summed E-state index contributed by atoms with van der Waals surface area (Å²) in [5.74, 6) is 0. The monoisotopic (exact) mass is 715 g/mol. The van der Waals surface area contributed by atoms with Crippen molar-refractivity contribution in [3.63, 3.8) is 0 Å². The van der Waals surface area contributed by atoms with Gasteiger partial charge in [-0.1, -0.05) is 150 Å². The first kappa shape index (κ1) is 36.2. The SMILES string of the molecule is C[C@@H](NCC(C)(C)CO[Si](c1ccccc1)(c1ccccc1)C(C)(C)C)c1ccc(-c2nc3ccnc(-c4cn[nH]c4)c3cc2-c2ccccc2)cc1. The average molecular weight is 716 g/mol. The number of pyridine rings is 2. The first-order chi connectivity index (χ1) is 25.6. The van der Waals surface area contributed by atoms with Crippen LogP contribution in [0.15, 0.2) is 146 Å². The maximum absolute atomic E-state index is 7.32.